The highest BCUT2D eigenvalue weighted by molar-refractivity contribution is 5.84. The lowest BCUT2D eigenvalue weighted by Gasteiger charge is -2.44. The van der Waals surface area contributed by atoms with Crippen molar-refractivity contribution in [3.05, 3.63) is 47.0 Å². The van der Waals surface area contributed by atoms with Gasteiger partial charge in [0.05, 0.1) is 18.2 Å². The van der Waals surface area contributed by atoms with E-state index in [0.717, 1.165) is 33.6 Å². The number of likely N-dealkylation sites (N-methyl/N-ethyl adjacent to an activating group) is 1. The highest BCUT2D eigenvalue weighted by Crippen LogP contribution is 2.57. The summed E-state index contributed by atoms with van der Waals surface area (Å²) in [6.45, 7) is 0.669. The Balaban J connectivity index is 1.92. The van der Waals surface area contributed by atoms with E-state index in [1.54, 1.807) is 0 Å². The average molecular weight is 311 g/mol. The zero-order valence-electron chi connectivity index (χ0n) is 12.7. The molecule has 1 aliphatic carbocycles. The van der Waals surface area contributed by atoms with Crippen molar-refractivity contribution in [2.75, 3.05) is 20.4 Å². The quantitative estimate of drug-likeness (QED) is 0.780. The Hall–Kier alpha value is -2.08. The highest BCUT2D eigenvalue weighted by atomic mass is 16.7. The maximum atomic E-state index is 10.9. The van der Waals surface area contributed by atoms with E-state index in [-0.39, 0.29) is 12.8 Å². The molecule has 2 heterocycles. The fraction of sp³-hybridized carbons (Fsp3) is 0.333. The molecule has 0 saturated heterocycles. The van der Waals surface area contributed by atoms with Gasteiger partial charge in [0, 0.05) is 12.1 Å². The largest absolute Gasteiger partial charge is 0.454 e. The van der Waals surface area contributed by atoms with Crippen LogP contribution >= 0.6 is 0 Å². The van der Waals surface area contributed by atoms with Crippen LogP contribution in [0, 0.1) is 0 Å². The zero-order chi connectivity index (χ0) is 15.7. The summed E-state index contributed by atoms with van der Waals surface area (Å²) in [5.74, 6) is 1.39. The Bertz CT molecular complexity index is 819. The van der Waals surface area contributed by atoms with E-state index >= 15 is 0 Å². The fourth-order valence-electron chi connectivity index (χ4n) is 4.20. The van der Waals surface area contributed by atoms with Crippen molar-refractivity contribution in [3.8, 4) is 22.6 Å². The van der Waals surface area contributed by atoms with Crippen molar-refractivity contribution in [3.63, 3.8) is 0 Å². The topological polar surface area (TPSA) is 62.2 Å². The molecule has 0 aromatic heterocycles. The molecule has 3 unspecified atom stereocenters. The van der Waals surface area contributed by atoms with Gasteiger partial charge in [-0.1, -0.05) is 24.3 Å². The minimum Gasteiger partial charge on any atom is -0.454 e. The summed E-state index contributed by atoms with van der Waals surface area (Å²) in [5.41, 5.74) is 4.59. The summed E-state index contributed by atoms with van der Waals surface area (Å²) < 4.78 is 11.3. The normalized spacial score (nSPS) is 27.5. The Morgan fingerprint density at radius 1 is 1.13 bits per heavy atom. The number of β-amino-alcohol motifs (C(OH)–C–C–N with tert-alkyl or cyclic N) is 1. The van der Waals surface area contributed by atoms with Gasteiger partial charge < -0.3 is 19.7 Å². The number of fused-ring (bicyclic) bond motifs is 4. The minimum atomic E-state index is -0.629. The van der Waals surface area contributed by atoms with Crippen LogP contribution in [0.5, 0.6) is 11.5 Å². The maximum Gasteiger partial charge on any atom is 0.231 e. The molecular weight excluding hydrogens is 294 g/mol. The second-order valence-electron chi connectivity index (χ2n) is 6.42. The van der Waals surface area contributed by atoms with Crippen molar-refractivity contribution < 1.29 is 19.7 Å². The number of benzene rings is 2. The summed E-state index contributed by atoms with van der Waals surface area (Å²) >= 11 is 0. The van der Waals surface area contributed by atoms with Gasteiger partial charge in [0.15, 0.2) is 11.5 Å². The summed E-state index contributed by atoms with van der Waals surface area (Å²) in [5, 5.41) is 21.5. The van der Waals surface area contributed by atoms with E-state index < -0.39 is 12.2 Å². The lowest BCUT2D eigenvalue weighted by atomic mass is 9.74. The maximum absolute atomic E-state index is 10.9. The standard InChI is InChI=1S/C18H17NO4/c1-19-7-12(20)11-6-13-18(23-8-22-13)15-9-4-2-3-5-10(9)17(21)16(19)14(11)15/h2-6,12,16-17,20-21H,7-8H2,1H3. The van der Waals surface area contributed by atoms with E-state index in [4.69, 9.17) is 9.47 Å². The molecule has 5 rings (SSSR count). The zero-order valence-corrected chi connectivity index (χ0v) is 12.7. The molecular formula is C18H17NO4. The summed E-state index contributed by atoms with van der Waals surface area (Å²) in [4.78, 5) is 2.01. The van der Waals surface area contributed by atoms with Crippen molar-refractivity contribution in [2.24, 2.45) is 0 Å². The van der Waals surface area contributed by atoms with Crippen LogP contribution in [0.4, 0.5) is 0 Å². The number of hydrogen-bond acceptors (Lipinski definition) is 5. The summed E-state index contributed by atoms with van der Waals surface area (Å²) in [7, 11) is 1.93. The van der Waals surface area contributed by atoms with E-state index in [2.05, 4.69) is 0 Å². The lowest BCUT2D eigenvalue weighted by Crippen LogP contribution is -2.40. The van der Waals surface area contributed by atoms with Gasteiger partial charge in [0.2, 0.25) is 6.79 Å². The number of aliphatic hydroxyl groups excluding tert-OH is 2. The molecule has 2 aromatic rings. The van der Waals surface area contributed by atoms with Gasteiger partial charge in [-0.15, -0.1) is 0 Å². The predicted molar refractivity (Wildman–Crippen MR) is 83.3 cm³/mol. The van der Waals surface area contributed by atoms with Crippen molar-refractivity contribution in [1.29, 1.82) is 0 Å². The van der Waals surface area contributed by atoms with Crippen molar-refractivity contribution in [2.45, 2.75) is 18.2 Å². The molecule has 0 bridgehead atoms. The first-order valence-electron chi connectivity index (χ1n) is 7.79. The molecule has 2 N–H and O–H groups in total. The van der Waals surface area contributed by atoms with Gasteiger partial charge in [-0.05, 0) is 35.4 Å². The van der Waals surface area contributed by atoms with Crippen LogP contribution in [0.3, 0.4) is 0 Å². The van der Waals surface area contributed by atoms with E-state index in [0.29, 0.717) is 12.3 Å². The monoisotopic (exact) mass is 311 g/mol. The molecule has 0 radical (unpaired) electrons. The Kier molecular flexibility index (Phi) is 2.60. The van der Waals surface area contributed by atoms with Crippen LogP contribution < -0.4 is 9.47 Å². The first-order chi connectivity index (χ1) is 11.2. The first-order valence-corrected chi connectivity index (χ1v) is 7.79. The molecule has 5 heteroatoms. The third-order valence-electron chi connectivity index (χ3n) is 5.17. The summed E-state index contributed by atoms with van der Waals surface area (Å²) in [6, 6.07) is 9.52. The van der Waals surface area contributed by atoms with Crippen LogP contribution in [0.1, 0.15) is 34.9 Å². The number of ether oxygens (including phenoxy) is 2. The average Bonchev–Trinajstić information content (AvgIpc) is 3.01. The molecule has 23 heavy (non-hydrogen) atoms. The second-order valence-corrected chi connectivity index (χ2v) is 6.42. The molecule has 0 fully saturated rings. The van der Waals surface area contributed by atoms with E-state index in [1.165, 1.54) is 0 Å². The molecule has 0 saturated carbocycles. The lowest BCUT2D eigenvalue weighted by molar-refractivity contribution is 0.0148. The van der Waals surface area contributed by atoms with E-state index in [9.17, 15) is 10.2 Å². The van der Waals surface area contributed by atoms with Gasteiger partial charge >= 0.3 is 0 Å². The van der Waals surface area contributed by atoms with Gasteiger partial charge in [0.25, 0.3) is 0 Å². The van der Waals surface area contributed by atoms with Crippen LogP contribution in [0.25, 0.3) is 11.1 Å². The minimum absolute atomic E-state index is 0.187. The third kappa shape index (κ3) is 1.62. The SMILES string of the molecule is CN1CC(O)c2cc3c(c4c2C1C(O)c1ccccc1-4)OCO3. The molecule has 0 spiro atoms. The fourth-order valence-corrected chi connectivity index (χ4v) is 4.20. The predicted octanol–water partition coefficient (Wildman–Crippen LogP) is 2.15. The smallest absolute Gasteiger partial charge is 0.231 e. The van der Waals surface area contributed by atoms with Crippen LogP contribution in [0.15, 0.2) is 30.3 Å². The molecule has 2 aromatic carbocycles. The van der Waals surface area contributed by atoms with Gasteiger partial charge in [-0.25, -0.2) is 0 Å². The number of nitrogens with zero attached hydrogens (tertiary/aromatic N) is 1. The molecule has 5 nitrogen and oxygen atoms in total. The summed E-state index contributed by atoms with van der Waals surface area (Å²) in [6.07, 6.45) is -1.23. The highest BCUT2D eigenvalue weighted by Gasteiger charge is 2.44. The van der Waals surface area contributed by atoms with Crippen molar-refractivity contribution >= 4 is 0 Å². The number of hydrogen-bond donors (Lipinski definition) is 2. The Morgan fingerprint density at radius 3 is 2.83 bits per heavy atom. The number of aliphatic hydroxyl groups is 2. The van der Waals surface area contributed by atoms with Gasteiger partial charge in [-0.3, -0.25) is 4.90 Å². The van der Waals surface area contributed by atoms with Crippen LogP contribution in [0.2, 0.25) is 0 Å². The number of rotatable bonds is 0. The third-order valence-corrected chi connectivity index (χ3v) is 5.17. The second kappa shape index (κ2) is 4.47. The Labute approximate surface area is 133 Å². The molecule has 2 aliphatic heterocycles. The van der Waals surface area contributed by atoms with Gasteiger partial charge in [-0.2, -0.15) is 0 Å². The van der Waals surface area contributed by atoms with Gasteiger partial charge in [0.1, 0.15) is 0 Å². The molecule has 3 atom stereocenters. The first kappa shape index (κ1) is 13.4. The van der Waals surface area contributed by atoms with Crippen LogP contribution in [-0.4, -0.2) is 35.5 Å². The molecule has 0 amide bonds. The Morgan fingerprint density at radius 2 is 1.96 bits per heavy atom. The van der Waals surface area contributed by atoms with Crippen molar-refractivity contribution in [1.82, 2.24) is 4.90 Å². The molecule has 118 valence electrons. The van der Waals surface area contributed by atoms with Crippen LogP contribution in [-0.2, 0) is 0 Å². The van der Waals surface area contributed by atoms with E-state index in [1.807, 2.05) is 42.3 Å². The molecule has 3 aliphatic rings.